The summed E-state index contributed by atoms with van der Waals surface area (Å²) in [6, 6.07) is 2.81. The van der Waals surface area contributed by atoms with Crippen molar-refractivity contribution in [1.29, 1.82) is 0 Å². The Bertz CT molecular complexity index is 296. The molecule has 0 aliphatic carbocycles. The molecule has 0 saturated carbocycles. The Labute approximate surface area is 110 Å². The zero-order valence-corrected chi connectivity index (χ0v) is 12.1. The summed E-state index contributed by atoms with van der Waals surface area (Å²) in [4.78, 5) is 0. The Hall–Kier alpha value is 0.130. The van der Waals surface area contributed by atoms with Crippen molar-refractivity contribution in [3.63, 3.8) is 0 Å². The molecule has 15 heavy (non-hydrogen) atoms. The van der Waals surface area contributed by atoms with Gasteiger partial charge >= 0.3 is 0 Å². The molecule has 0 aliphatic rings. The highest BCUT2D eigenvalue weighted by molar-refractivity contribution is 14.1. The van der Waals surface area contributed by atoms with Crippen LogP contribution in [0.1, 0.15) is 37.8 Å². The van der Waals surface area contributed by atoms with E-state index >= 15 is 0 Å². The van der Waals surface area contributed by atoms with E-state index in [4.69, 9.17) is 0 Å². The average molecular weight is 335 g/mol. The Kier molecular flexibility index (Phi) is 6.52. The summed E-state index contributed by atoms with van der Waals surface area (Å²) < 4.78 is 1.37. The predicted molar refractivity (Wildman–Crippen MR) is 77.5 cm³/mol. The van der Waals surface area contributed by atoms with Gasteiger partial charge in [0.05, 0.1) is 2.88 Å². The molecular weight excluding hydrogens is 317 g/mol. The van der Waals surface area contributed by atoms with Gasteiger partial charge in [-0.15, -0.1) is 17.9 Å². The second-order valence-electron chi connectivity index (χ2n) is 3.51. The number of thiophene rings is 1. The first-order valence-electron chi connectivity index (χ1n) is 5.36. The maximum atomic E-state index is 3.76. The first kappa shape index (κ1) is 13.2. The van der Waals surface area contributed by atoms with Gasteiger partial charge in [-0.3, -0.25) is 0 Å². The zero-order valence-electron chi connectivity index (χ0n) is 9.13. The summed E-state index contributed by atoms with van der Waals surface area (Å²) >= 11 is 4.21. The number of nitrogens with one attached hydrogen (secondary N) is 1. The Morgan fingerprint density at radius 1 is 1.67 bits per heavy atom. The highest BCUT2D eigenvalue weighted by Gasteiger charge is 2.10. The number of hydrogen-bond acceptors (Lipinski definition) is 2. The van der Waals surface area contributed by atoms with Crippen LogP contribution in [0, 0.1) is 2.88 Å². The first-order valence-corrected chi connectivity index (χ1v) is 7.32. The van der Waals surface area contributed by atoms with Gasteiger partial charge < -0.3 is 5.32 Å². The maximum absolute atomic E-state index is 3.76. The molecule has 0 spiro atoms. The number of rotatable bonds is 7. The average Bonchev–Trinajstić information content (AvgIpc) is 2.64. The van der Waals surface area contributed by atoms with Gasteiger partial charge in [0.2, 0.25) is 0 Å². The number of allylic oxidation sites excluding steroid dienone is 1. The van der Waals surface area contributed by atoms with E-state index in [1.54, 1.807) is 0 Å². The quantitative estimate of drug-likeness (QED) is 0.443. The van der Waals surface area contributed by atoms with E-state index in [0.717, 1.165) is 13.0 Å². The van der Waals surface area contributed by atoms with Crippen molar-refractivity contribution >= 4 is 33.9 Å². The van der Waals surface area contributed by atoms with Crippen molar-refractivity contribution in [3.8, 4) is 0 Å². The lowest BCUT2D eigenvalue weighted by Gasteiger charge is -2.16. The van der Waals surface area contributed by atoms with Gasteiger partial charge in [-0.05, 0) is 65.4 Å². The van der Waals surface area contributed by atoms with Crippen LogP contribution in [0.5, 0.6) is 0 Å². The van der Waals surface area contributed by atoms with Crippen molar-refractivity contribution in [2.24, 2.45) is 0 Å². The minimum absolute atomic E-state index is 0.523. The second-order valence-corrected chi connectivity index (χ2v) is 6.32. The lowest BCUT2D eigenvalue weighted by atomic mass is 10.0. The van der Waals surface area contributed by atoms with Gasteiger partial charge in [-0.1, -0.05) is 13.0 Å². The molecule has 0 aromatic carbocycles. The summed E-state index contributed by atoms with van der Waals surface area (Å²) in [7, 11) is 0. The molecule has 0 aliphatic heterocycles. The van der Waals surface area contributed by atoms with Crippen LogP contribution in [0.2, 0.25) is 0 Å². The molecule has 1 N–H and O–H groups in total. The molecule has 0 radical (unpaired) electrons. The van der Waals surface area contributed by atoms with Gasteiger partial charge in [-0.2, -0.15) is 0 Å². The van der Waals surface area contributed by atoms with Crippen molar-refractivity contribution < 1.29 is 0 Å². The Morgan fingerprint density at radius 2 is 2.47 bits per heavy atom. The van der Waals surface area contributed by atoms with Crippen LogP contribution in [0.3, 0.4) is 0 Å². The van der Waals surface area contributed by atoms with E-state index < -0.39 is 0 Å². The number of hydrogen-bond donors (Lipinski definition) is 1. The lowest BCUT2D eigenvalue weighted by molar-refractivity contribution is 0.501. The smallest absolute Gasteiger partial charge is 0.0656 e. The third-order valence-electron chi connectivity index (χ3n) is 2.34. The van der Waals surface area contributed by atoms with Gasteiger partial charge in [0.25, 0.3) is 0 Å². The number of halogens is 1. The summed E-state index contributed by atoms with van der Waals surface area (Å²) in [5.41, 5.74) is 1.44. The molecule has 3 heteroatoms. The van der Waals surface area contributed by atoms with Crippen LogP contribution >= 0.6 is 33.9 Å². The Morgan fingerprint density at radius 3 is 3.00 bits per heavy atom. The maximum Gasteiger partial charge on any atom is 0.0656 e. The van der Waals surface area contributed by atoms with Crippen LogP contribution in [0.15, 0.2) is 24.1 Å². The molecule has 1 atom stereocenters. The molecule has 1 heterocycles. The third-order valence-corrected chi connectivity index (χ3v) is 4.15. The normalized spacial score (nSPS) is 12.7. The SMILES string of the molecule is C=CCCCC(NCC)c1csc(I)c1. The van der Waals surface area contributed by atoms with Crippen molar-refractivity contribution in [1.82, 2.24) is 5.32 Å². The minimum atomic E-state index is 0.523. The van der Waals surface area contributed by atoms with Gasteiger partial charge in [0.1, 0.15) is 0 Å². The van der Waals surface area contributed by atoms with Gasteiger partial charge in [-0.25, -0.2) is 0 Å². The number of unbranched alkanes of at least 4 members (excludes halogenated alkanes) is 1. The fourth-order valence-corrected chi connectivity index (χ4v) is 3.03. The largest absolute Gasteiger partial charge is 0.310 e. The fraction of sp³-hybridized carbons (Fsp3) is 0.500. The molecule has 1 unspecified atom stereocenters. The summed E-state index contributed by atoms with van der Waals surface area (Å²) in [5.74, 6) is 0. The molecule has 1 aromatic rings. The van der Waals surface area contributed by atoms with Crippen LogP contribution in [0.4, 0.5) is 0 Å². The summed E-state index contributed by atoms with van der Waals surface area (Å²) in [6.45, 7) is 6.96. The fourth-order valence-electron chi connectivity index (χ4n) is 1.61. The highest BCUT2D eigenvalue weighted by Crippen LogP contribution is 2.25. The molecule has 1 aromatic heterocycles. The van der Waals surface area contributed by atoms with Crippen molar-refractivity contribution in [2.45, 2.75) is 32.2 Å². The van der Waals surface area contributed by atoms with E-state index in [-0.39, 0.29) is 0 Å². The topological polar surface area (TPSA) is 12.0 Å². The Balaban J connectivity index is 2.52. The van der Waals surface area contributed by atoms with Gasteiger partial charge in [0.15, 0.2) is 0 Å². The van der Waals surface area contributed by atoms with Crippen LogP contribution in [0.25, 0.3) is 0 Å². The minimum Gasteiger partial charge on any atom is -0.310 e. The molecule has 0 amide bonds. The summed E-state index contributed by atoms with van der Waals surface area (Å²) in [6.07, 6.45) is 5.53. The standard InChI is InChI=1S/C12H18INS/c1-3-5-6-7-11(14-4-2)10-8-12(13)15-9-10/h3,8-9,11,14H,1,4-7H2,2H3. The third kappa shape index (κ3) is 4.66. The van der Waals surface area contributed by atoms with Crippen molar-refractivity contribution in [2.75, 3.05) is 6.54 Å². The van der Waals surface area contributed by atoms with Crippen LogP contribution in [-0.2, 0) is 0 Å². The highest BCUT2D eigenvalue weighted by atomic mass is 127. The van der Waals surface area contributed by atoms with E-state index in [1.165, 1.54) is 21.3 Å². The molecule has 84 valence electrons. The molecular formula is C12H18INS. The summed E-state index contributed by atoms with van der Waals surface area (Å²) in [5, 5.41) is 5.81. The first-order chi connectivity index (χ1) is 7.27. The van der Waals surface area contributed by atoms with Crippen LogP contribution < -0.4 is 5.32 Å². The predicted octanol–water partition coefficient (Wildman–Crippen LogP) is 4.36. The molecule has 1 nitrogen and oxygen atoms in total. The second kappa shape index (κ2) is 7.41. The molecule has 0 saturated heterocycles. The van der Waals surface area contributed by atoms with E-state index in [0.29, 0.717) is 6.04 Å². The van der Waals surface area contributed by atoms with E-state index in [9.17, 15) is 0 Å². The van der Waals surface area contributed by atoms with Crippen molar-refractivity contribution in [3.05, 3.63) is 32.5 Å². The monoisotopic (exact) mass is 335 g/mol. The molecule has 1 rings (SSSR count). The molecule has 0 bridgehead atoms. The molecule has 0 fully saturated rings. The zero-order chi connectivity index (χ0) is 11.1. The van der Waals surface area contributed by atoms with Crippen LogP contribution in [-0.4, -0.2) is 6.54 Å². The van der Waals surface area contributed by atoms with E-state index in [1.807, 2.05) is 17.4 Å². The lowest BCUT2D eigenvalue weighted by Crippen LogP contribution is -2.20. The van der Waals surface area contributed by atoms with E-state index in [2.05, 4.69) is 52.9 Å². The van der Waals surface area contributed by atoms with Gasteiger partial charge in [0, 0.05) is 6.04 Å².